The van der Waals surface area contributed by atoms with Gasteiger partial charge in [-0.2, -0.15) is 0 Å². The normalized spacial score (nSPS) is 21.0. The molecule has 112 valence electrons. The van der Waals surface area contributed by atoms with Crippen molar-refractivity contribution in [2.45, 2.75) is 37.8 Å². The Morgan fingerprint density at radius 1 is 1.19 bits per heavy atom. The van der Waals surface area contributed by atoms with Gasteiger partial charge in [-0.1, -0.05) is 42.1 Å². The van der Waals surface area contributed by atoms with E-state index in [1.54, 1.807) is 23.1 Å². The van der Waals surface area contributed by atoms with Crippen molar-refractivity contribution in [2.24, 2.45) is 0 Å². The summed E-state index contributed by atoms with van der Waals surface area (Å²) in [4.78, 5) is 26.3. The van der Waals surface area contributed by atoms with Gasteiger partial charge in [-0.3, -0.25) is 9.59 Å². The van der Waals surface area contributed by atoms with Gasteiger partial charge in [0.2, 0.25) is 11.8 Å². The van der Waals surface area contributed by atoms with E-state index in [4.69, 9.17) is 23.2 Å². The Morgan fingerprint density at radius 3 is 2.57 bits per heavy atom. The fourth-order valence-electron chi connectivity index (χ4n) is 3.21. The summed E-state index contributed by atoms with van der Waals surface area (Å²) in [6, 6.07) is 5.19. The first-order valence-electron chi connectivity index (χ1n) is 7.04. The molecule has 6 heteroatoms. The maximum absolute atomic E-state index is 12.7. The number of hydrogen-bond acceptors (Lipinski definition) is 2. The van der Waals surface area contributed by atoms with Crippen molar-refractivity contribution in [1.82, 2.24) is 10.2 Å². The van der Waals surface area contributed by atoms with Crippen molar-refractivity contribution in [1.29, 1.82) is 0 Å². The molecule has 1 aliphatic carbocycles. The zero-order chi connectivity index (χ0) is 15.0. The number of nitrogens with zero attached hydrogens (tertiary/aromatic N) is 1. The molecule has 0 aromatic heterocycles. The number of amides is 2. The van der Waals surface area contributed by atoms with Gasteiger partial charge in [0.25, 0.3) is 0 Å². The van der Waals surface area contributed by atoms with E-state index in [9.17, 15) is 9.59 Å². The summed E-state index contributed by atoms with van der Waals surface area (Å²) in [5.41, 5.74) is 0.117. The molecule has 3 rings (SSSR count). The predicted molar refractivity (Wildman–Crippen MR) is 81.2 cm³/mol. The molecule has 2 fully saturated rings. The van der Waals surface area contributed by atoms with E-state index in [1.807, 2.05) is 0 Å². The zero-order valence-electron chi connectivity index (χ0n) is 11.5. The maximum Gasteiger partial charge on any atom is 0.249 e. The average Bonchev–Trinajstić information content (AvgIpc) is 2.88. The predicted octanol–water partition coefficient (Wildman–Crippen LogP) is 2.76. The van der Waals surface area contributed by atoms with Crippen LogP contribution >= 0.6 is 23.2 Å². The first-order valence-corrected chi connectivity index (χ1v) is 7.80. The van der Waals surface area contributed by atoms with E-state index in [0.717, 1.165) is 31.2 Å². The van der Waals surface area contributed by atoms with E-state index in [-0.39, 0.29) is 18.4 Å². The molecule has 1 heterocycles. The lowest BCUT2D eigenvalue weighted by atomic mass is 9.93. The second-order valence-electron chi connectivity index (χ2n) is 5.73. The number of hydrogen-bond donors (Lipinski definition) is 1. The van der Waals surface area contributed by atoms with Crippen LogP contribution in [-0.4, -0.2) is 28.8 Å². The molecule has 0 radical (unpaired) electrons. The van der Waals surface area contributed by atoms with Gasteiger partial charge >= 0.3 is 0 Å². The number of carbonyl (C=O) groups excluding carboxylic acids is 2. The van der Waals surface area contributed by atoms with Crippen molar-refractivity contribution >= 4 is 35.0 Å². The third-order valence-electron chi connectivity index (χ3n) is 4.24. The monoisotopic (exact) mass is 326 g/mol. The summed E-state index contributed by atoms with van der Waals surface area (Å²) in [5, 5.41) is 3.97. The quantitative estimate of drug-likeness (QED) is 0.908. The molecular weight excluding hydrogens is 311 g/mol. The lowest BCUT2D eigenvalue weighted by Gasteiger charge is -2.39. The summed E-state index contributed by atoms with van der Waals surface area (Å²) in [6.07, 6.45) is 3.40. The van der Waals surface area contributed by atoms with Gasteiger partial charge in [0.15, 0.2) is 0 Å². The summed E-state index contributed by atoms with van der Waals surface area (Å²) in [5.74, 6) is -0.0906. The molecule has 2 aliphatic rings. The number of piperazine rings is 1. The van der Waals surface area contributed by atoms with E-state index in [1.165, 1.54) is 0 Å². The van der Waals surface area contributed by atoms with Crippen LogP contribution in [0.4, 0.5) is 0 Å². The topological polar surface area (TPSA) is 49.4 Å². The number of rotatable bonds is 2. The van der Waals surface area contributed by atoms with E-state index < -0.39 is 5.54 Å². The van der Waals surface area contributed by atoms with Gasteiger partial charge in [0, 0.05) is 16.6 Å². The van der Waals surface area contributed by atoms with E-state index >= 15 is 0 Å². The Labute approximate surface area is 133 Å². The van der Waals surface area contributed by atoms with Crippen molar-refractivity contribution in [3.8, 4) is 0 Å². The molecule has 0 atom stereocenters. The minimum atomic E-state index is -0.686. The van der Waals surface area contributed by atoms with Gasteiger partial charge in [-0.05, 0) is 30.5 Å². The maximum atomic E-state index is 12.7. The molecule has 0 bridgehead atoms. The van der Waals surface area contributed by atoms with Crippen LogP contribution in [0.2, 0.25) is 10.0 Å². The van der Waals surface area contributed by atoms with Crippen LogP contribution in [0.25, 0.3) is 0 Å². The fraction of sp³-hybridized carbons (Fsp3) is 0.467. The highest BCUT2D eigenvalue weighted by Crippen LogP contribution is 2.34. The van der Waals surface area contributed by atoms with Crippen LogP contribution in [0.15, 0.2) is 18.2 Å². The third kappa shape index (κ3) is 2.74. The SMILES string of the molecule is O=C1CN(Cc2ccc(Cl)cc2Cl)C(=O)C2(CCCC2)N1. The highest BCUT2D eigenvalue weighted by atomic mass is 35.5. The summed E-state index contributed by atoms with van der Waals surface area (Å²) < 4.78 is 0. The van der Waals surface area contributed by atoms with Crippen molar-refractivity contribution < 1.29 is 9.59 Å². The van der Waals surface area contributed by atoms with Crippen LogP contribution in [-0.2, 0) is 16.1 Å². The summed E-state index contributed by atoms with van der Waals surface area (Å²) >= 11 is 12.0. The smallest absolute Gasteiger partial charge is 0.249 e. The first-order chi connectivity index (χ1) is 10.00. The van der Waals surface area contributed by atoms with Crippen LogP contribution in [0, 0.1) is 0 Å². The average molecular weight is 327 g/mol. The van der Waals surface area contributed by atoms with Gasteiger partial charge < -0.3 is 10.2 Å². The number of halogens is 2. The molecule has 0 unspecified atom stereocenters. The second kappa shape index (κ2) is 5.50. The molecule has 1 N–H and O–H groups in total. The molecule has 1 saturated heterocycles. The molecule has 4 nitrogen and oxygen atoms in total. The van der Waals surface area contributed by atoms with Gasteiger partial charge in [0.05, 0.1) is 6.54 Å². The standard InChI is InChI=1S/C15H16Cl2N2O2/c16-11-4-3-10(12(17)7-11)8-19-9-13(20)18-15(14(19)21)5-1-2-6-15/h3-4,7H,1-2,5-6,8-9H2,(H,18,20). The molecule has 1 aliphatic heterocycles. The summed E-state index contributed by atoms with van der Waals surface area (Å²) in [7, 11) is 0. The minimum absolute atomic E-state index is 0.00520. The summed E-state index contributed by atoms with van der Waals surface area (Å²) in [6.45, 7) is 0.420. The van der Waals surface area contributed by atoms with Gasteiger partial charge in [0.1, 0.15) is 5.54 Å². The Hall–Kier alpha value is -1.26. The number of nitrogens with one attached hydrogen (secondary N) is 1. The fourth-order valence-corrected chi connectivity index (χ4v) is 3.68. The molecule has 1 spiro atoms. The number of benzene rings is 1. The Balaban J connectivity index is 1.84. The van der Waals surface area contributed by atoms with Crippen LogP contribution in [0.1, 0.15) is 31.2 Å². The lowest BCUT2D eigenvalue weighted by Crippen LogP contribution is -2.65. The first kappa shape index (κ1) is 14.7. The molecule has 21 heavy (non-hydrogen) atoms. The van der Waals surface area contributed by atoms with Crippen LogP contribution in [0.5, 0.6) is 0 Å². The van der Waals surface area contributed by atoms with E-state index in [2.05, 4.69) is 5.32 Å². The zero-order valence-corrected chi connectivity index (χ0v) is 13.0. The molecule has 2 amide bonds. The highest BCUT2D eigenvalue weighted by Gasteiger charge is 2.48. The Kier molecular flexibility index (Phi) is 3.84. The number of carbonyl (C=O) groups is 2. The highest BCUT2D eigenvalue weighted by molar-refractivity contribution is 6.35. The van der Waals surface area contributed by atoms with Crippen molar-refractivity contribution in [3.05, 3.63) is 33.8 Å². The third-order valence-corrected chi connectivity index (χ3v) is 4.83. The Bertz CT molecular complexity index is 597. The van der Waals surface area contributed by atoms with Crippen molar-refractivity contribution in [2.75, 3.05) is 6.54 Å². The van der Waals surface area contributed by atoms with Crippen LogP contribution in [0.3, 0.4) is 0 Å². The van der Waals surface area contributed by atoms with Gasteiger partial charge in [-0.25, -0.2) is 0 Å². The van der Waals surface area contributed by atoms with Crippen LogP contribution < -0.4 is 5.32 Å². The molecule has 1 saturated carbocycles. The second-order valence-corrected chi connectivity index (χ2v) is 6.58. The molecule has 1 aromatic carbocycles. The minimum Gasteiger partial charge on any atom is -0.340 e. The largest absolute Gasteiger partial charge is 0.340 e. The van der Waals surface area contributed by atoms with Gasteiger partial charge in [-0.15, -0.1) is 0 Å². The van der Waals surface area contributed by atoms with Crippen molar-refractivity contribution in [3.63, 3.8) is 0 Å². The Morgan fingerprint density at radius 2 is 1.90 bits per heavy atom. The lowest BCUT2D eigenvalue weighted by molar-refractivity contribution is -0.150. The molecular formula is C15H16Cl2N2O2. The van der Waals surface area contributed by atoms with E-state index in [0.29, 0.717) is 16.6 Å². The molecule has 1 aromatic rings.